The monoisotopic (exact) mass is 325 g/mol. The second-order valence-corrected chi connectivity index (χ2v) is 8.05. The van der Waals surface area contributed by atoms with Crippen LogP contribution in [0.1, 0.15) is 0 Å². The maximum absolute atomic E-state index is 2.69. The summed E-state index contributed by atoms with van der Waals surface area (Å²) in [5, 5.41) is 0. The molecule has 0 aliphatic rings. The molecule has 0 aliphatic carbocycles. The average Bonchev–Trinajstić information content (AvgIpc) is 1.38. The van der Waals surface area contributed by atoms with Crippen LogP contribution in [-0.2, 0) is 21.1 Å². The molecule has 3 atom stereocenters. The molecular weight excluding hydrogens is 319 g/mol. The standard InChI is InChI=1S/BH6P4.W/c2-1-5(3)4;/h2-4H2;. The van der Waals surface area contributed by atoms with Crippen LogP contribution in [0.5, 0.6) is 0 Å². The van der Waals surface area contributed by atoms with E-state index >= 15 is 0 Å². The van der Waals surface area contributed by atoms with Crippen molar-refractivity contribution in [1.82, 2.24) is 0 Å². The van der Waals surface area contributed by atoms with Crippen LogP contribution in [0.25, 0.3) is 0 Å². The van der Waals surface area contributed by atoms with E-state index in [1.54, 1.807) is 0 Å². The fourth-order valence-corrected chi connectivity index (χ4v) is 0. The molecule has 0 rings (SSSR count). The van der Waals surface area contributed by atoms with E-state index in [0.717, 1.165) is 0 Å². The third kappa shape index (κ3) is 9.69. The van der Waals surface area contributed by atoms with Crippen molar-refractivity contribution in [3.05, 3.63) is 0 Å². The molecule has 6 heteroatoms. The van der Waals surface area contributed by atoms with Crippen LogP contribution >= 0.6 is 34.2 Å². The van der Waals surface area contributed by atoms with Gasteiger partial charge in [0.25, 0.3) is 0 Å². The van der Waals surface area contributed by atoms with Crippen molar-refractivity contribution in [3.63, 3.8) is 0 Å². The molecule has 1 radical (unpaired) electrons. The molecule has 0 heterocycles. The van der Waals surface area contributed by atoms with Crippen molar-refractivity contribution >= 4 is 40.9 Å². The Labute approximate surface area is 61.9 Å². The molecule has 0 saturated heterocycles. The Bertz CT molecular complexity index is 21.5. The topological polar surface area (TPSA) is 0 Å². The smallest absolute Gasteiger partial charge is 0.171 e. The van der Waals surface area contributed by atoms with Gasteiger partial charge in [-0.15, -0.1) is 25.0 Å². The predicted molar refractivity (Wildman–Crippen MR) is 41.8 cm³/mol. The molecule has 0 spiro atoms. The Hall–Kier alpha value is 2.47. The van der Waals surface area contributed by atoms with Gasteiger partial charge in [0.15, 0.2) is 6.72 Å². The maximum Gasteiger partial charge on any atom is 0.184 e. The Kier molecular flexibility index (Phi) is 14.1. The van der Waals surface area contributed by atoms with E-state index < -0.39 is 0 Å². The van der Waals surface area contributed by atoms with E-state index in [-0.39, 0.29) is 28.2 Å². The molecule has 0 aromatic rings. The van der Waals surface area contributed by atoms with Crippen LogP contribution in [0.4, 0.5) is 0 Å². The van der Waals surface area contributed by atoms with Crippen molar-refractivity contribution in [3.8, 4) is 0 Å². The largest absolute Gasteiger partial charge is 0.184 e. The van der Waals surface area contributed by atoms with E-state index in [1.165, 1.54) is 0 Å². The third-order valence-corrected chi connectivity index (χ3v) is 4.65. The molecule has 0 saturated carbocycles. The molecule has 3 unspecified atom stereocenters. The first-order chi connectivity index (χ1) is 2.27. The van der Waals surface area contributed by atoms with Gasteiger partial charge in [-0.1, -0.05) is 0 Å². The van der Waals surface area contributed by atoms with Crippen LogP contribution in [0.3, 0.4) is 0 Å². The van der Waals surface area contributed by atoms with Crippen LogP contribution in [0.15, 0.2) is 0 Å². The number of rotatable bonds is 1. The first-order valence-corrected chi connectivity index (χ1v) is 6.42. The minimum atomic E-state index is 0. The Morgan fingerprint density at radius 3 is 1.50 bits per heavy atom. The van der Waals surface area contributed by atoms with E-state index in [0.29, 0.717) is 0 Å². The van der Waals surface area contributed by atoms with E-state index in [4.69, 9.17) is 0 Å². The number of hydrogen-bond acceptors (Lipinski definition) is 0. The summed E-state index contributed by atoms with van der Waals surface area (Å²) in [6.07, 6.45) is 0. The van der Waals surface area contributed by atoms with Gasteiger partial charge in [0.1, 0.15) is 0 Å². The van der Waals surface area contributed by atoms with E-state index in [9.17, 15) is 0 Å². The molecule has 0 aromatic carbocycles. The Morgan fingerprint density at radius 1 is 1.33 bits per heavy atom. The van der Waals surface area contributed by atoms with Crippen LogP contribution in [0, 0.1) is 0 Å². The summed E-state index contributed by atoms with van der Waals surface area (Å²) in [5.74, 6) is 0. The zero-order valence-electron chi connectivity index (χ0n) is 3.16. The van der Waals surface area contributed by atoms with Gasteiger partial charge in [-0.25, -0.2) is 0 Å². The maximum atomic E-state index is 2.69. The summed E-state index contributed by atoms with van der Waals surface area (Å²) >= 11 is 0. The average molecular weight is 325 g/mol. The second kappa shape index (κ2) is 7.47. The van der Waals surface area contributed by atoms with Gasteiger partial charge < -0.3 is 0 Å². The fourth-order valence-electron chi connectivity index (χ4n) is 0. The zero-order chi connectivity index (χ0) is 4.28. The fraction of sp³-hybridized carbons (Fsp3) is 0. The van der Waals surface area contributed by atoms with Crippen LogP contribution < -0.4 is 0 Å². The molecule has 6 heavy (non-hydrogen) atoms. The number of hydrogen-bond donors (Lipinski definition) is 0. The summed E-state index contributed by atoms with van der Waals surface area (Å²) < 4.78 is 0. The van der Waals surface area contributed by atoms with Crippen LogP contribution in [-0.4, -0.2) is 6.72 Å². The van der Waals surface area contributed by atoms with Crippen molar-refractivity contribution in [2.24, 2.45) is 0 Å². The summed E-state index contributed by atoms with van der Waals surface area (Å²) in [6.45, 7) is 2.07. The van der Waals surface area contributed by atoms with Gasteiger partial charge in [-0.05, 0) is 0 Å². The normalized spacial score (nSPS) is 7.33. The van der Waals surface area contributed by atoms with Gasteiger partial charge in [0.05, 0.1) is 0 Å². The first-order valence-electron chi connectivity index (χ1n) is 1.11. The minimum Gasteiger partial charge on any atom is -0.171 e. The molecule has 0 aliphatic heterocycles. The molecule has 0 amide bonds. The SMILES string of the molecule is P[B]P(P)P.[W]. The molecule has 0 N–H and O–H groups in total. The van der Waals surface area contributed by atoms with Crippen molar-refractivity contribution in [1.29, 1.82) is 0 Å². The van der Waals surface area contributed by atoms with Crippen molar-refractivity contribution in [2.45, 2.75) is 0 Å². The van der Waals surface area contributed by atoms with E-state index in [1.807, 2.05) is 0 Å². The zero-order valence-corrected chi connectivity index (χ0v) is 10.5. The summed E-state index contributed by atoms with van der Waals surface area (Å²) in [6, 6.07) is 0. The van der Waals surface area contributed by atoms with Crippen molar-refractivity contribution in [2.75, 3.05) is 0 Å². The molecule has 0 fully saturated rings. The Morgan fingerprint density at radius 2 is 1.50 bits per heavy atom. The first kappa shape index (κ1) is 11.3. The van der Waals surface area contributed by atoms with E-state index in [2.05, 4.69) is 33.7 Å². The quantitative estimate of drug-likeness (QED) is 0.506. The van der Waals surface area contributed by atoms with Crippen molar-refractivity contribution < 1.29 is 21.1 Å². The molecule has 0 bridgehead atoms. The predicted octanol–water partition coefficient (Wildman–Crippen LogP) is 1.46. The molecule has 0 nitrogen and oxygen atoms in total. The van der Waals surface area contributed by atoms with Gasteiger partial charge in [0.2, 0.25) is 0 Å². The molecule has 35 valence electrons. The second-order valence-electron chi connectivity index (χ2n) is 0.596. The van der Waals surface area contributed by atoms with Crippen LogP contribution in [0.2, 0.25) is 0 Å². The summed E-state index contributed by atoms with van der Waals surface area (Å²) in [5.41, 5.74) is 0. The minimum absolute atomic E-state index is 0. The van der Waals surface area contributed by atoms with Gasteiger partial charge in [-0.3, -0.25) is 0 Å². The van der Waals surface area contributed by atoms with Gasteiger partial charge in [-0.2, -0.15) is 9.12 Å². The summed E-state index contributed by atoms with van der Waals surface area (Å²) in [7, 11) is 8.00. The van der Waals surface area contributed by atoms with Gasteiger partial charge >= 0.3 is 0 Å². The summed E-state index contributed by atoms with van der Waals surface area (Å²) in [4.78, 5) is 0. The Balaban J connectivity index is 0. The molecular formula is H6BP4W. The molecule has 0 aromatic heterocycles. The van der Waals surface area contributed by atoms with Gasteiger partial charge in [0, 0.05) is 21.1 Å². The third-order valence-electron chi connectivity index (χ3n) is 0.172.